The lowest BCUT2D eigenvalue weighted by molar-refractivity contribution is 0.712. The van der Waals surface area contributed by atoms with E-state index in [9.17, 15) is 0 Å². The molecule has 0 saturated heterocycles. The number of hydrogen-bond acceptors (Lipinski definition) is 3. The first kappa shape index (κ1) is 10.0. The first-order valence-electron chi connectivity index (χ1n) is 5.43. The van der Waals surface area contributed by atoms with Crippen molar-refractivity contribution < 1.29 is 0 Å². The van der Waals surface area contributed by atoms with Crippen molar-refractivity contribution in [2.45, 2.75) is 19.4 Å². The Morgan fingerprint density at radius 2 is 2.20 bits per heavy atom. The van der Waals surface area contributed by atoms with Gasteiger partial charge in [-0.15, -0.1) is 0 Å². The molecule has 2 N–H and O–H groups in total. The zero-order valence-electron chi connectivity index (χ0n) is 9.03. The van der Waals surface area contributed by atoms with Crippen molar-refractivity contribution in [2.75, 3.05) is 13.1 Å². The van der Waals surface area contributed by atoms with Gasteiger partial charge in [-0.2, -0.15) is 0 Å². The SMILES string of the molecule is CC1CN=C(NCCc2ccccc2)N1. The van der Waals surface area contributed by atoms with Crippen LogP contribution in [-0.2, 0) is 6.42 Å². The van der Waals surface area contributed by atoms with Crippen LogP contribution in [0.2, 0.25) is 0 Å². The second-order valence-corrected chi connectivity index (χ2v) is 3.90. The van der Waals surface area contributed by atoms with Gasteiger partial charge in [0.05, 0.1) is 6.54 Å². The first-order chi connectivity index (χ1) is 7.34. The molecule has 3 heteroatoms. The molecule has 2 rings (SSSR count). The Morgan fingerprint density at radius 3 is 2.87 bits per heavy atom. The molecular formula is C12H17N3. The topological polar surface area (TPSA) is 36.4 Å². The molecule has 0 fully saturated rings. The van der Waals surface area contributed by atoms with Gasteiger partial charge in [0.15, 0.2) is 5.96 Å². The highest BCUT2D eigenvalue weighted by atomic mass is 15.2. The Balaban J connectivity index is 1.72. The van der Waals surface area contributed by atoms with Crippen LogP contribution in [0.1, 0.15) is 12.5 Å². The number of nitrogens with one attached hydrogen (secondary N) is 2. The van der Waals surface area contributed by atoms with E-state index < -0.39 is 0 Å². The molecule has 0 spiro atoms. The van der Waals surface area contributed by atoms with Crippen molar-refractivity contribution in [1.29, 1.82) is 0 Å². The normalized spacial score (nSPS) is 19.5. The maximum absolute atomic E-state index is 4.34. The Bertz CT molecular complexity index is 332. The Morgan fingerprint density at radius 1 is 1.40 bits per heavy atom. The van der Waals surface area contributed by atoms with Gasteiger partial charge in [-0.05, 0) is 18.9 Å². The van der Waals surface area contributed by atoms with Gasteiger partial charge in [-0.25, -0.2) is 0 Å². The maximum Gasteiger partial charge on any atom is 0.191 e. The summed E-state index contributed by atoms with van der Waals surface area (Å²) < 4.78 is 0. The van der Waals surface area contributed by atoms with E-state index in [1.165, 1.54) is 5.56 Å². The molecule has 80 valence electrons. The van der Waals surface area contributed by atoms with E-state index in [4.69, 9.17) is 0 Å². The number of rotatable bonds is 3. The quantitative estimate of drug-likeness (QED) is 0.773. The monoisotopic (exact) mass is 203 g/mol. The molecule has 0 radical (unpaired) electrons. The fraction of sp³-hybridized carbons (Fsp3) is 0.417. The third-order valence-electron chi connectivity index (χ3n) is 2.46. The summed E-state index contributed by atoms with van der Waals surface area (Å²) in [6.07, 6.45) is 1.04. The summed E-state index contributed by atoms with van der Waals surface area (Å²) in [5.41, 5.74) is 1.36. The van der Waals surface area contributed by atoms with Crippen LogP contribution in [-0.4, -0.2) is 25.1 Å². The lowest BCUT2D eigenvalue weighted by atomic mass is 10.1. The number of hydrogen-bond donors (Lipinski definition) is 2. The average molecular weight is 203 g/mol. The van der Waals surface area contributed by atoms with Crippen LogP contribution in [0.5, 0.6) is 0 Å². The van der Waals surface area contributed by atoms with Crippen molar-refractivity contribution in [2.24, 2.45) is 4.99 Å². The van der Waals surface area contributed by atoms with Gasteiger partial charge in [0.1, 0.15) is 0 Å². The summed E-state index contributed by atoms with van der Waals surface area (Å²) >= 11 is 0. The van der Waals surface area contributed by atoms with Crippen LogP contribution in [0.15, 0.2) is 35.3 Å². The second kappa shape index (κ2) is 4.82. The van der Waals surface area contributed by atoms with Crippen molar-refractivity contribution in [1.82, 2.24) is 10.6 Å². The van der Waals surface area contributed by atoms with Crippen molar-refractivity contribution in [3.05, 3.63) is 35.9 Å². The lowest BCUT2D eigenvalue weighted by Gasteiger charge is -2.08. The number of aliphatic imine (C=N–C) groups is 1. The molecular weight excluding hydrogens is 186 g/mol. The van der Waals surface area contributed by atoms with E-state index >= 15 is 0 Å². The number of nitrogens with zero attached hydrogens (tertiary/aromatic N) is 1. The van der Waals surface area contributed by atoms with E-state index in [0.29, 0.717) is 6.04 Å². The zero-order chi connectivity index (χ0) is 10.5. The van der Waals surface area contributed by atoms with Crippen LogP contribution in [0.25, 0.3) is 0 Å². The minimum Gasteiger partial charge on any atom is -0.356 e. The van der Waals surface area contributed by atoms with Gasteiger partial charge in [-0.3, -0.25) is 4.99 Å². The summed E-state index contributed by atoms with van der Waals surface area (Å²) in [7, 11) is 0. The van der Waals surface area contributed by atoms with Gasteiger partial charge < -0.3 is 10.6 Å². The molecule has 0 aliphatic carbocycles. The second-order valence-electron chi connectivity index (χ2n) is 3.90. The molecule has 1 aliphatic rings. The molecule has 1 aromatic rings. The predicted molar refractivity (Wildman–Crippen MR) is 63.0 cm³/mol. The number of guanidine groups is 1. The average Bonchev–Trinajstić information content (AvgIpc) is 2.66. The van der Waals surface area contributed by atoms with Crippen LogP contribution >= 0.6 is 0 Å². The highest BCUT2D eigenvalue weighted by Gasteiger charge is 2.10. The predicted octanol–water partition coefficient (Wildman–Crippen LogP) is 1.17. The molecule has 0 bridgehead atoms. The van der Waals surface area contributed by atoms with E-state index in [1.54, 1.807) is 0 Å². The molecule has 1 atom stereocenters. The molecule has 1 aliphatic heterocycles. The highest BCUT2D eigenvalue weighted by molar-refractivity contribution is 5.81. The van der Waals surface area contributed by atoms with E-state index in [2.05, 4.69) is 46.8 Å². The summed E-state index contributed by atoms with van der Waals surface area (Å²) in [6, 6.07) is 11.0. The molecule has 0 saturated carbocycles. The highest BCUT2D eigenvalue weighted by Crippen LogP contribution is 1.98. The van der Waals surface area contributed by atoms with Crippen molar-refractivity contribution >= 4 is 5.96 Å². The smallest absolute Gasteiger partial charge is 0.191 e. The van der Waals surface area contributed by atoms with Crippen molar-refractivity contribution in [3.63, 3.8) is 0 Å². The van der Waals surface area contributed by atoms with Crippen molar-refractivity contribution in [3.8, 4) is 0 Å². The minimum atomic E-state index is 0.476. The van der Waals surface area contributed by atoms with Gasteiger partial charge in [0, 0.05) is 12.6 Å². The van der Waals surface area contributed by atoms with E-state index in [-0.39, 0.29) is 0 Å². The molecule has 0 aromatic heterocycles. The van der Waals surface area contributed by atoms with Gasteiger partial charge in [0.2, 0.25) is 0 Å². The van der Waals surface area contributed by atoms with Crippen LogP contribution in [0.4, 0.5) is 0 Å². The Labute approximate surface area is 90.6 Å². The molecule has 1 heterocycles. The number of benzene rings is 1. The Hall–Kier alpha value is -1.51. The first-order valence-corrected chi connectivity index (χ1v) is 5.43. The Kier molecular flexibility index (Phi) is 3.22. The molecule has 0 amide bonds. The molecule has 3 nitrogen and oxygen atoms in total. The van der Waals surface area contributed by atoms with Crippen LogP contribution < -0.4 is 10.6 Å². The molecule has 15 heavy (non-hydrogen) atoms. The fourth-order valence-corrected chi connectivity index (χ4v) is 1.63. The lowest BCUT2D eigenvalue weighted by Crippen LogP contribution is -2.38. The standard InChI is InChI=1S/C12H17N3/c1-10-9-14-12(15-10)13-8-7-11-5-3-2-4-6-11/h2-6,10H,7-9H2,1H3,(H2,13,14,15). The maximum atomic E-state index is 4.34. The minimum absolute atomic E-state index is 0.476. The van der Waals surface area contributed by atoms with Gasteiger partial charge in [0.25, 0.3) is 0 Å². The molecule has 1 aromatic carbocycles. The third kappa shape index (κ3) is 2.98. The fourth-order valence-electron chi connectivity index (χ4n) is 1.63. The van der Waals surface area contributed by atoms with E-state index in [1.807, 2.05) is 6.07 Å². The van der Waals surface area contributed by atoms with Gasteiger partial charge >= 0.3 is 0 Å². The van der Waals surface area contributed by atoms with Gasteiger partial charge in [-0.1, -0.05) is 30.3 Å². The van der Waals surface area contributed by atoms with Crippen LogP contribution in [0.3, 0.4) is 0 Å². The summed E-state index contributed by atoms with van der Waals surface area (Å²) in [5, 5.41) is 6.58. The summed E-state index contributed by atoms with van der Waals surface area (Å²) in [5.74, 6) is 0.943. The summed E-state index contributed by atoms with van der Waals surface area (Å²) in [4.78, 5) is 4.34. The van der Waals surface area contributed by atoms with Crippen LogP contribution in [0, 0.1) is 0 Å². The largest absolute Gasteiger partial charge is 0.356 e. The zero-order valence-corrected chi connectivity index (χ0v) is 9.03. The third-order valence-corrected chi connectivity index (χ3v) is 2.46. The van der Waals surface area contributed by atoms with E-state index in [0.717, 1.165) is 25.5 Å². The summed E-state index contributed by atoms with van der Waals surface area (Å²) in [6.45, 7) is 3.95. The molecule has 1 unspecified atom stereocenters.